The number of ether oxygens (including phenoxy) is 1. The molecule has 0 unspecified atom stereocenters. The Morgan fingerprint density at radius 1 is 1.11 bits per heavy atom. The van der Waals surface area contributed by atoms with Crippen LogP contribution in [0.1, 0.15) is 26.7 Å². The Balaban J connectivity index is 2.06. The summed E-state index contributed by atoms with van der Waals surface area (Å²) in [5, 5.41) is 4.98. The molecular weight excluding hydrogens is 364 g/mol. The summed E-state index contributed by atoms with van der Waals surface area (Å²) in [6, 6.07) is 7.44. The lowest BCUT2D eigenvalue weighted by atomic mass is 10.3. The molecule has 0 saturated heterocycles. The van der Waals surface area contributed by atoms with Crippen molar-refractivity contribution in [3.8, 4) is 5.75 Å². The van der Waals surface area contributed by atoms with Gasteiger partial charge in [-0.3, -0.25) is 0 Å². The van der Waals surface area contributed by atoms with Gasteiger partial charge in [0.05, 0.1) is 24.0 Å². The van der Waals surface area contributed by atoms with E-state index in [0.29, 0.717) is 16.7 Å². The van der Waals surface area contributed by atoms with E-state index >= 15 is 0 Å². The molecule has 2 aromatic heterocycles. The zero-order valence-electron chi connectivity index (χ0n) is 16.2. The van der Waals surface area contributed by atoms with Gasteiger partial charge in [0.25, 0.3) is 0 Å². The second-order valence-corrected chi connectivity index (χ2v) is 6.70. The highest BCUT2D eigenvalue weighted by Crippen LogP contribution is 2.32. The van der Waals surface area contributed by atoms with E-state index in [2.05, 4.69) is 28.8 Å². The van der Waals surface area contributed by atoms with E-state index in [1.807, 2.05) is 30.1 Å². The van der Waals surface area contributed by atoms with Crippen LogP contribution in [0.15, 0.2) is 30.5 Å². The average molecular weight is 389 g/mol. The minimum atomic E-state index is 0.572. The topological polar surface area (TPSA) is 58.8 Å². The van der Waals surface area contributed by atoms with Crippen molar-refractivity contribution in [3.63, 3.8) is 0 Å². The van der Waals surface area contributed by atoms with E-state index in [9.17, 15) is 0 Å². The summed E-state index contributed by atoms with van der Waals surface area (Å²) >= 11 is 6.45. The molecule has 2 heterocycles. The maximum Gasteiger partial charge on any atom is 0.235 e. The van der Waals surface area contributed by atoms with Crippen molar-refractivity contribution in [2.45, 2.75) is 26.7 Å². The predicted molar refractivity (Wildman–Crippen MR) is 110 cm³/mol. The zero-order valence-corrected chi connectivity index (χ0v) is 16.9. The van der Waals surface area contributed by atoms with Gasteiger partial charge in [0.2, 0.25) is 11.9 Å². The zero-order chi connectivity index (χ0) is 19.4. The van der Waals surface area contributed by atoms with Crippen molar-refractivity contribution in [1.29, 1.82) is 0 Å². The van der Waals surface area contributed by atoms with Gasteiger partial charge in [0, 0.05) is 32.3 Å². The molecule has 0 fully saturated rings. The quantitative estimate of drug-likeness (QED) is 0.577. The van der Waals surface area contributed by atoms with Crippen molar-refractivity contribution in [2.24, 2.45) is 0 Å². The molecule has 8 heteroatoms. The third-order valence-corrected chi connectivity index (χ3v) is 4.62. The molecule has 0 atom stereocenters. The van der Waals surface area contributed by atoms with Gasteiger partial charge in [-0.2, -0.15) is 19.6 Å². The van der Waals surface area contributed by atoms with Gasteiger partial charge < -0.3 is 14.5 Å². The summed E-state index contributed by atoms with van der Waals surface area (Å²) in [6.07, 6.45) is 3.80. The third-order valence-electron chi connectivity index (χ3n) is 4.31. The van der Waals surface area contributed by atoms with Crippen LogP contribution in [-0.4, -0.2) is 46.8 Å². The van der Waals surface area contributed by atoms with Gasteiger partial charge in [-0.15, -0.1) is 0 Å². The summed E-state index contributed by atoms with van der Waals surface area (Å²) in [7, 11) is 3.53. The lowest BCUT2D eigenvalue weighted by Gasteiger charge is -2.25. The van der Waals surface area contributed by atoms with Crippen LogP contribution in [0.3, 0.4) is 0 Å². The number of hydrogen-bond donors (Lipinski definition) is 0. The lowest BCUT2D eigenvalue weighted by molar-refractivity contribution is 0.415. The SMILES string of the molecule is CCCN(CCC)c1nc(N(C)c2ccc(OC)cc2Cl)nc2ccnn12. The summed E-state index contributed by atoms with van der Waals surface area (Å²) in [5.74, 6) is 2.07. The van der Waals surface area contributed by atoms with Crippen LogP contribution in [0, 0.1) is 0 Å². The molecule has 0 saturated carbocycles. The molecule has 7 nitrogen and oxygen atoms in total. The minimum Gasteiger partial charge on any atom is -0.497 e. The van der Waals surface area contributed by atoms with Gasteiger partial charge in [-0.1, -0.05) is 25.4 Å². The van der Waals surface area contributed by atoms with Crippen molar-refractivity contribution in [3.05, 3.63) is 35.5 Å². The Kier molecular flexibility index (Phi) is 6.01. The molecule has 0 aliphatic carbocycles. The maximum atomic E-state index is 6.45. The molecule has 0 N–H and O–H groups in total. The molecule has 3 aromatic rings. The number of anilines is 3. The molecule has 3 rings (SSSR count). The summed E-state index contributed by atoms with van der Waals surface area (Å²) in [6.45, 7) is 6.14. The monoisotopic (exact) mass is 388 g/mol. The fraction of sp³-hybridized carbons (Fsp3) is 0.421. The smallest absolute Gasteiger partial charge is 0.235 e. The van der Waals surface area contributed by atoms with E-state index in [4.69, 9.17) is 21.3 Å². The highest BCUT2D eigenvalue weighted by Gasteiger charge is 2.18. The van der Waals surface area contributed by atoms with Crippen molar-refractivity contribution in [1.82, 2.24) is 19.6 Å². The lowest BCUT2D eigenvalue weighted by Crippen LogP contribution is -2.29. The van der Waals surface area contributed by atoms with E-state index in [0.717, 1.165) is 43.2 Å². The molecule has 0 spiro atoms. The number of rotatable bonds is 8. The molecule has 0 aliphatic rings. The Morgan fingerprint density at radius 3 is 2.48 bits per heavy atom. The molecule has 0 amide bonds. The second kappa shape index (κ2) is 8.43. The first-order valence-corrected chi connectivity index (χ1v) is 9.50. The maximum absolute atomic E-state index is 6.45. The summed E-state index contributed by atoms with van der Waals surface area (Å²) < 4.78 is 7.02. The number of methoxy groups -OCH3 is 1. The summed E-state index contributed by atoms with van der Waals surface area (Å²) in [4.78, 5) is 13.6. The predicted octanol–water partition coefficient (Wildman–Crippen LogP) is 4.18. The highest BCUT2D eigenvalue weighted by atomic mass is 35.5. The van der Waals surface area contributed by atoms with Crippen LogP contribution in [0.25, 0.3) is 5.65 Å². The molecule has 144 valence electrons. The summed E-state index contributed by atoms with van der Waals surface area (Å²) in [5.41, 5.74) is 1.56. The Hall–Kier alpha value is -2.54. The standard InChI is InChI=1S/C19H25ClN6O/c1-5-11-25(12-6-2)19-23-18(22-17-9-10-21-26(17)19)24(3)16-8-7-14(27-4)13-15(16)20/h7-10,13H,5-6,11-12H2,1-4H3. The number of nitrogens with zero attached hydrogens (tertiary/aromatic N) is 6. The van der Waals surface area contributed by atoms with E-state index in [1.54, 1.807) is 23.9 Å². The van der Waals surface area contributed by atoms with Crippen LogP contribution < -0.4 is 14.5 Å². The van der Waals surface area contributed by atoms with Gasteiger partial charge >= 0.3 is 0 Å². The van der Waals surface area contributed by atoms with Crippen LogP contribution >= 0.6 is 11.6 Å². The molecule has 1 aromatic carbocycles. The highest BCUT2D eigenvalue weighted by molar-refractivity contribution is 6.33. The van der Waals surface area contributed by atoms with Gasteiger partial charge in [-0.05, 0) is 25.0 Å². The first-order chi connectivity index (χ1) is 13.1. The number of halogens is 1. The Bertz CT molecular complexity index is 906. The first-order valence-electron chi connectivity index (χ1n) is 9.13. The molecule has 0 bridgehead atoms. The van der Waals surface area contributed by atoms with Crippen LogP contribution in [-0.2, 0) is 0 Å². The Morgan fingerprint density at radius 2 is 1.85 bits per heavy atom. The minimum absolute atomic E-state index is 0.572. The fourth-order valence-corrected chi connectivity index (χ4v) is 3.30. The van der Waals surface area contributed by atoms with Crippen molar-refractivity contribution < 1.29 is 4.74 Å². The number of benzene rings is 1. The van der Waals surface area contributed by atoms with Crippen molar-refractivity contribution >= 4 is 34.8 Å². The number of fused-ring (bicyclic) bond motifs is 1. The van der Waals surface area contributed by atoms with E-state index in [1.165, 1.54) is 0 Å². The second-order valence-electron chi connectivity index (χ2n) is 6.29. The molecular formula is C19H25ClN6O. The van der Waals surface area contributed by atoms with Crippen LogP contribution in [0.2, 0.25) is 5.02 Å². The third kappa shape index (κ3) is 3.93. The average Bonchev–Trinajstić information content (AvgIpc) is 3.15. The fourth-order valence-electron chi connectivity index (χ4n) is 3.00. The number of aromatic nitrogens is 4. The van der Waals surface area contributed by atoms with Gasteiger partial charge in [0.1, 0.15) is 5.75 Å². The van der Waals surface area contributed by atoms with Crippen LogP contribution in [0.4, 0.5) is 17.6 Å². The first kappa shape index (κ1) is 19.2. The normalized spacial score (nSPS) is 11.0. The van der Waals surface area contributed by atoms with Crippen LogP contribution in [0.5, 0.6) is 5.75 Å². The molecule has 27 heavy (non-hydrogen) atoms. The number of hydrogen-bond acceptors (Lipinski definition) is 6. The van der Waals surface area contributed by atoms with Gasteiger partial charge in [-0.25, -0.2) is 0 Å². The van der Waals surface area contributed by atoms with Gasteiger partial charge in [0.15, 0.2) is 5.65 Å². The molecule has 0 radical (unpaired) electrons. The largest absolute Gasteiger partial charge is 0.497 e. The Labute approximate surface area is 164 Å². The van der Waals surface area contributed by atoms with E-state index < -0.39 is 0 Å². The molecule has 0 aliphatic heterocycles. The van der Waals surface area contributed by atoms with Crippen molar-refractivity contribution in [2.75, 3.05) is 37.0 Å². The van der Waals surface area contributed by atoms with E-state index in [-0.39, 0.29) is 0 Å².